The monoisotopic (exact) mass is 561 g/mol. The Bertz CT molecular complexity index is 1670. The van der Waals surface area contributed by atoms with Crippen LogP contribution in [0.4, 0.5) is 4.39 Å². The Morgan fingerprint density at radius 2 is 1.90 bits per heavy atom. The summed E-state index contributed by atoms with van der Waals surface area (Å²) in [6.45, 7) is 2.67. The number of hydrogen-bond donors (Lipinski definition) is 2. The van der Waals surface area contributed by atoms with Crippen LogP contribution in [0.25, 0.3) is 10.9 Å². The fourth-order valence-electron chi connectivity index (χ4n) is 6.14. The maximum atomic E-state index is 15.8. The molecule has 204 valence electrons. The van der Waals surface area contributed by atoms with Crippen molar-refractivity contribution in [3.05, 3.63) is 68.6 Å². The number of H-pyrrole nitrogens is 1. The molecule has 0 bridgehead atoms. The number of nitrogens with zero attached hydrogens (tertiary/aromatic N) is 3. The molecule has 1 aromatic heterocycles. The van der Waals surface area contributed by atoms with Gasteiger partial charge in [-0.05, 0) is 61.4 Å². The van der Waals surface area contributed by atoms with Crippen LogP contribution in [0.3, 0.4) is 0 Å². The number of benzene rings is 2. The summed E-state index contributed by atoms with van der Waals surface area (Å²) in [5.41, 5.74) is 3.22. The molecule has 40 heavy (non-hydrogen) atoms. The van der Waals surface area contributed by atoms with Crippen molar-refractivity contribution in [2.24, 2.45) is 0 Å². The molecule has 0 aliphatic carbocycles. The Kier molecular flexibility index (Phi) is 6.34. The zero-order valence-electron chi connectivity index (χ0n) is 21.6. The second-order valence-corrected chi connectivity index (χ2v) is 11.0. The van der Waals surface area contributed by atoms with Gasteiger partial charge >= 0.3 is 0 Å². The summed E-state index contributed by atoms with van der Waals surface area (Å²) in [7, 11) is 0. The van der Waals surface area contributed by atoms with E-state index in [1.54, 1.807) is 29.2 Å². The van der Waals surface area contributed by atoms with Crippen molar-refractivity contribution in [1.82, 2.24) is 20.1 Å². The van der Waals surface area contributed by atoms with Crippen LogP contribution in [0.1, 0.15) is 74.7 Å². The van der Waals surface area contributed by atoms with Crippen LogP contribution in [0, 0.1) is 24.1 Å². The highest BCUT2D eigenvalue weighted by Crippen LogP contribution is 2.37. The lowest BCUT2D eigenvalue weighted by Crippen LogP contribution is -2.52. The van der Waals surface area contributed by atoms with Crippen LogP contribution in [0.15, 0.2) is 24.3 Å². The van der Waals surface area contributed by atoms with Gasteiger partial charge in [0.15, 0.2) is 0 Å². The van der Waals surface area contributed by atoms with Crippen molar-refractivity contribution in [1.29, 1.82) is 5.26 Å². The lowest BCUT2D eigenvalue weighted by atomic mass is 9.87. The van der Waals surface area contributed by atoms with Gasteiger partial charge in [-0.3, -0.25) is 24.5 Å². The number of rotatable bonds is 3. The summed E-state index contributed by atoms with van der Waals surface area (Å²) in [5, 5.41) is 12.6. The number of aromatic nitrogens is 1. The molecule has 6 rings (SSSR count). The molecule has 4 heterocycles. The van der Waals surface area contributed by atoms with E-state index in [0.29, 0.717) is 53.3 Å². The van der Waals surface area contributed by atoms with Crippen molar-refractivity contribution in [3.63, 3.8) is 0 Å². The summed E-state index contributed by atoms with van der Waals surface area (Å²) < 4.78 is 15.8. The number of piperidine rings is 2. The lowest BCUT2D eigenvalue weighted by Gasteiger charge is -2.32. The smallest absolute Gasteiger partial charge is 0.270 e. The number of imide groups is 1. The molecule has 2 aromatic carbocycles. The first-order chi connectivity index (χ1) is 19.2. The molecule has 3 aliphatic heterocycles. The number of aromatic amines is 1. The Balaban J connectivity index is 1.17. The van der Waals surface area contributed by atoms with Gasteiger partial charge in [0.1, 0.15) is 23.6 Å². The molecule has 1 unspecified atom stereocenters. The second-order valence-electron chi connectivity index (χ2n) is 10.6. The minimum atomic E-state index is -0.801. The zero-order chi connectivity index (χ0) is 28.3. The molecule has 4 amide bonds. The van der Waals surface area contributed by atoms with Crippen molar-refractivity contribution in [3.8, 4) is 6.07 Å². The summed E-state index contributed by atoms with van der Waals surface area (Å²) in [6, 6.07) is 7.84. The Morgan fingerprint density at radius 3 is 2.60 bits per heavy atom. The van der Waals surface area contributed by atoms with Crippen LogP contribution in [-0.4, -0.2) is 57.5 Å². The van der Waals surface area contributed by atoms with Gasteiger partial charge in [0.2, 0.25) is 11.8 Å². The third-order valence-electron chi connectivity index (χ3n) is 8.38. The summed E-state index contributed by atoms with van der Waals surface area (Å²) in [4.78, 5) is 56.4. The molecule has 2 saturated heterocycles. The molecule has 2 N–H and O–H groups in total. The van der Waals surface area contributed by atoms with Crippen LogP contribution in [-0.2, 0) is 16.1 Å². The number of likely N-dealkylation sites (tertiary alicyclic amines) is 1. The Morgan fingerprint density at radius 1 is 1.15 bits per heavy atom. The first-order valence-electron chi connectivity index (χ1n) is 13.1. The average Bonchev–Trinajstić information content (AvgIpc) is 3.44. The van der Waals surface area contributed by atoms with Gasteiger partial charge < -0.3 is 14.8 Å². The number of carbonyl (C=O) groups is 4. The van der Waals surface area contributed by atoms with E-state index in [2.05, 4.69) is 16.4 Å². The largest absolute Gasteiger partial charge is 0.350 e. The highest BCUT2D eigenvalue weighted by molar-refractivity contribution is 6.32. The summed E-state index contributed by atoms with van der Waals surface area (Å²) in [5.74, 6) is -2.05. The SMILES string of the molecule is Cc1c(C(=O)N2CCC(c3ccc4c(c3F)CN(C3CCC(=O)NC3=O)C4=O)CC2)[nH]c2cc(Cl)c(C#N)cc12. The molecule has 3 aliphatic rings. The molecule has 0 radical (unpaired) electrons. The summed E-state index contributed by atoms with van der Waals surface area (Å²) in [6.07, 6.45) is 1.45. The van der Waals surface area contributed by atoms with Crippen molar-refractivity contribution >= 4 is 46.1 Å². The van der Waals surface area contributed by atoms with Crippen molar-refractivity contribution in [2.45, 2.75) is 51.1 Å². The maximum absolute atomic E-state index is 15.8. The number of fused-ring (bicyclic) bond motifs is 2. The number of amides is 4. The van der Waals surface area contributed by atoms with E-state index in [9.17, 15) is 24.4 Å². The second kappa shape index (κ2) is 9.75. The van der Waals surface area contributed by atoms with Gasteiger partial charge in [0, 0.05) is 41.5 Å². The number of halogens is 2. The van der Waals surface area contributed by atoms with Gasteiger partial charge in [0.05, 0.1) is 17.1 Å². The molecule has 9 nitrogen and oxygen atoms in total. The zero-order valence-corrected chi connectivity index (χ0v) is 22.4. The van der Waals surface area contributed by atoms with E-state index >= 15 is 4.39 Å². The highest BCUT2D eigenvalue weighted by Gasteiger charge is 2.41. The van der Waals surface area contributed by atoms with Gasteiger partial charge in [-0.1, -0.05) is 17.7 Å². The summed E-state index contributed by atoms with van der Waals surface area (Å²) >= 11 is 6.16. The van der Waals surface area contributed by atoms with Crippen LogP contribution in [0.2, 0.25) is 5.02 Å². The molecule has 1 atom stereocenters. The van der Waals surface area contributed by atoms with E-state index in [1.807, 2.05) is 6.92 Å². The topological polar surface area (TPSA) is 126 Å². The van der Waals surface area contributed by atoms with E-state index in [-0.39, 0.29) is 48.2 Å². The molecule has 2 fully saturated rings. The normalized spacial score (nSPS) is 19.6. The van der Waals surface area contributed by atoms with E-state index in [1.165, 1.54) is 4.90 Å². The third-order valence-corrected chi connectivity index (χ3v) is 8.69. The fourth-order valence-corrected chi connectivity index (χ4v) is 6.34. The van der Waals surface area contributed by atoms with Crippen LogP contribution in [0.5, 0.6) is 0 Å². The molecule has 11 heteroatoms. The average molecular weight is 562 g/mol. The van der Waals surface area contributed by atoms with Gasteiger partial charge in [0.25, 0.3) is 11.8 Å². The number of nitrogens with one attached hydrogen (secondary N) is 2. The Labute approximate surface area is 233 Å². The molecular formula is C29H25ClFN5O4. The fraction of sp³-hybridized carbons (Fsp3) is 0.345. The first kappa shape index (κ1) is 26.0. The number of carbonyl (C=O) groups excluding carboxylic acids is 4. The van der Waals surface area contributed by atoms with Gasteiger partial charge in [-0.2, -0.15) is 5.26 Å². The number of hydrogen-bond acceptors (Lipinski definition) is 5. The van der Waals surface area contributed by atoms with E-state index in [4.69, 9.17) is 11.6 Å². The quantitative estimate of drug-likeness (QED) is 0.469. The van der Waals surface area contributed by atoms with Crippen LogP contribution < -0.4 is 5.32 Å². The van der Waals surface area contributed by atoms with Crippen molar-refractivity contribution in [2.75, 3.05) is 13.1 Å². The maximum Gasteiger partial charge on any atom is 0.270 e. The minimum Gasteiger partial charge on any atom is -0.350 e. The van der Waals surface area contributed by atoms with Gasteiger partial charge in [-0.15, -0.1) is 0 Å². The number of nitriles is 1. The minimum absolute atomic E-state index is 0.0192. The Hall–Kier alpha value is -4.23. The molecular weight excluding hydrogens is 537 g/mol. The third kappa shape index (κ3) is 4.12. The van der Waals surface area contributed by atoms with E-state index < -0.39 is 23.7 Å². The van der Waals surface area contributed by atoms with Crippen molar-refractivity contribution < 1.29 is 23.6 Å². The van der Waals surface area contributed by atoms with E-state index in [0.717, 1.165) is 10.9 Å². The van der Waals surface area contributed by atoms with Crippen LogP contribution >= 0.6 is 11.6 Å². The molecule has 3 aromatic rings. The molecule has 0 spiro atoms. The predicted molar refractivity (Wildman–Crippen MR) is 143 cm³/mol. The molecule has 0 saturated carbocycles. The first-order valence-corrected chi connectivity index (χ1v) is 13.5. The standard InChI is InChI=1S/C29H25ClFN5O4/c1-14-19-10-16(12-32)21(30)11-22(19)33-26(14)29(40)35-8-6-15(7-9-35)17-2-3-18-20(25(17)31)13-36(28(18)39)23-4-5-24(37)34-27(23)38/h2-3,10-11,15,23,33H,4-9,13H2,1H3,(H,34,37,38). The highest BCUT2D eigenvalue weighted by atomic mass is 35.5. The lowest BCUT2D eigenvalue weighted by molar-refractivity contribution is -0.136. The van der Waals surface area contributed by atoms with Gasteiger partial charge in [-0.25, -0.2) is 4.39 Å². The number of aryl methyl sites for hydroxylation is 1. The predicted octanol–water partition coefficient (Wildman–Crippen LogP) is 3.92.